The average Bonchev–Trinajstić information content (AvgIpc) is 1.61. The molecule has 0 rings (SSSR count). The van der Waals surface area contributed by atoms with Gasteiger partial charge in [-0.05, 0) is 0 Å². The monoisotopic (exact) mass is 132 g/mol. The highest BCUT2D eigenvalue weighted by Gasteiger charge is 1.97. The van der Waals surface area contributed by atoms with Crippen molar-refractivity contribution < 1.29 is 9.59 Å². The van der Waals surface area contributed by atoms with E-state index in [1.165, 1.54) is 6.92 Å². The van der Waals surface area contributed by atoms with Gasteiger partial charge in [-0.25, -0.2) is 0 Å². The summed E-state index contributed by atoms with van der Waals surface area (Å²) in [5.41, 5.74) is 6.36. The third-order valence-corrected chi connectivity index (χ3v) is 1.22. The van der Waals surface area contributed by atoms with Crippen molar-refractivity contribution in [3.8, 4) is 0 Å². The van der Waals surface area contributed by atoms with E-state index in [0.29, 0.717) is 0 Å². The first-order chi connectivity index (χ1) is 3.63. The van der Waals surface area contributed by atoms with Crippen LogP contribution in [0, 0.1) is 0 Å². The Balaban J connectivity index is 3.18. The SMILES string of the molecule is CC(=O)SCC([NH])=O. The number of amides is 1. The fraction of sp³-hybridized carbons (Fsp3) is 0.500. The van der Waals surface area contributed by atoms with Gasteiger partial charge >= 0.3 is 0 Å². The predicted molar refractivity (Wildman–Crippen MR) is 31.2 cm³/mol. The summed E-state index contributed by atoms with van der Waals surface area (Å²) in [6.07, 6.45) is 0. The summed E-state index contributed by atoms with van der Waals surface area (Å²) >= 11 is 0.863. The normalized spacial score (nSPS) is 8.62. The van der Waals surface area contributed by atoms with Gasteiger partial charge in [-0.2, -0.15) is 0 Å². The molecule has 0 saturated carbocycles. The number of carbonyl (C=O) groups is 2. The maximum absolute atomic E-state index is 10.1. The van der Waals surface area contributed by atoms with Crippen LogP contribution < -0.4 is 5.73 Å². The minimum atomic E-state index is -0.704. The lowest BCUT2D eigenvalue weighted by molar-refractivity contribution is -0.116. The summed E-state index contributed by atoms with van der Waals surface area (Å²) in [7, 11) is 0. The highest BCUT2D eigenvalue weighted by Crippen LogP contribution is 1.98. The Kier molecular flexibility index (Phi) is 3.26. The highest BCUT2D eigenvalue weighted by molar-refractivity contribution is 8.14. The van der Waals surface area contributed by atoms with E-state index in [4.69, 9.17) is 5.73 Å². The van der Waals surface area contributed by atoms with Crippen LogP contribution in [0.4, 0.5) is 0 Å². The first-order valence-corrected chi connectivity index (χ1v) is 2.99. The van der Waals surface area contributed by atoms with Crippen molar-refractivity contribution in [3.63, 3.8) is 0 Å². The first kappa shape index (κ1) is 7.49. The summed E-state index contributed by atoms with van der Waals surface area (Å²) in [4.78, 5) is 19.9. The topological polar surface area (TPSA) is 57.9 Å². The zero-order valence-corrected chi connectivity index (χ0v) is 5.25. The smallest absolute Gasteiger partial charge is 0.248 e. The van der Waals surface area contributed by atoms with Crippen LogP contribution in [0.5, 0.6) is 0 Å². The van der Waals surface area contributed by atoms with Gasteiger partial charge in [0.05, 0.1) is 5.75 Å². The third kappa shape index (κ3) is 5.49. The molecule has 8 heavy (non-hydrogen) atoms. The molecule has 0 aromatic heterocycles. The molecule has 0 bridgehead atoms. The number of thioether (sulfide) groups is 1. The third-order valence-electron chi connectivity index (χ3n) is 0.407. The molecule has 0 unspecified atom stereocenters. The van der Waals surface area contributed by atoms with E-state index in [1.54, 1.807) is 0 Å². The van der Waals surface area contributed by atoms with Crippen LogP contribution in [-0.2, 0) is 9.59 Å². The van der Waals surface area contributed by atoms with Crippen molar-refractivity contribution in [1.82, 2.24) is 5.73 Å². The van der Waals surface area contributed by atoms with E-state index in [1.807, 2.05) is 0 Å². The highest BCUT2D eigenvalue weighted by atomic mass is 32.2. The number of hydrogen-bond donors (Lipinski definition) is 0. The van der Waals surface area contributed by atoms with Crippen LogP contribution >= 0.6 is 11.8 Å². The lowest BCUT2D eigenvalue weighted by Gasteiger charge is -1.85. The Hall–Kier alpha value is -0.510. The molecule has 0 atom stereocenters. The first-order valence-electron chi connectivity index (χ1n) is 2.00. The molecule has 0 spiro atoms. The Bertz CT molecular complexity index is 98.6. The van der Waals surface area contributed by atoms with Crippen molar-refractivity contribution in [2.45, 2.75) is 6.92 Å². The largest absolute Gasteiger partial charge is 0.288 e. The van der Waals surface area contributed by atoms with Crippen molar-refractivity contribution in [2.24, 2.45) is 0 Å². The van der Waals surface area contributed by atoms with Crippen LogP contribution in [0.2, 0.25) is 0 Å². The van der Waals surface area contributed by atoms with E-state index in [0.717, 1.165) is 11.8 Å². The number of carbonyl (C=O) groups excluding carboxylic acids is 2. The van der Waals surface area contributed by atoms with E-state index in [-0.39, 0.29) is 10.9 Å². The van der Waals surface area contributed by atoms with Crippen LogP contribution in [0.15, 0.2) is 0 Å². The van der Waals surface area contributed by atoms with Gasteiger partial charge in [0.2, 0.25) is 5.91 Å². The van der Waals surface area contributed by atoms with Gasteiger partial charge in [0, 0.05) is 6.92 Å². The van der Waals surface area contributed by atoms with E-state index >= 15 is 0 Å². The van der Waals surface area contributed by atoms with Crippen LogP contribution in [0.1, 0.15) is 6.92 Å². The number of nitrogens with one attached hydrogen (secondary N) is 1. The second kappa shape index (κ2) is 3.49. The molecular formula is C4H6NO2S. The fourth-order valence-corrected chi connectivity index (χ4v) is 0.502. The molecule has 0 aliphatic carbocycles. The minimum absolute atomic E-state index is 0.0185. The van der Waals surface area contributed by atoms with Crippen LogP contribution in [-0.4, -0.2) is 16.8 Å². The number of hydrogen-bond acceptors (Lipinski definition) is 3. The Morgan fingerprint density at radius 3 is 2.25 bits per heavy atom. The van der Waals surface area contributed by atoms with Gasteiger partial charge in [0.15, 0.2) is 5.12 Å². The van der Waals surface area contributed by atoms with Crippen molar-refractivity contribution in [2.75, 3.05) is 5.75 Å². The average molecular weight is 132 g/mol. The summed E-state index contributed by atoms with van der Waals surface area (Å²) in [5.74, 6) is -0.722. The summed E-state index contributed by atoms with van der Waals surface area (Å²) < 4.78 is 0. The standard InChI is InChI=1S/C4H6NO2S/c1-3(6)8-2-4(5)7/h5H,2H2,1H3. The van der Waals surface area contributed by atoms with Gasteiger partial charge in [0.25, 0.3) is 0 Å². The molecule has 0 aromatic carbocycles. The lowest BCUT2D eigenvalue weighted by atomic mass is 10.8. The van der Waals surface area contributed by atoms with E-state index < -0.39 is 5.91 Å². The molecule has 0 heterocycles. The molecule has 45 valence electrons. The van der Waals surface area contributed by atoms with Crippen LogP contribution in [0.3, 0.4) is 0 Å². The molecule has 1 radical (unpaired) electrons. The molecule has 1 N–H and O–H groups in total. The van der Waals surface area contributed by atoms with Crippen molar-refractivity contribution in [3.05, 3.63) is 0 Å². The predicted octanol–water partition coefficient (Wildman–Crippen LogP) is 0.0756. The molecule has 3 nitrogen and oxygen atoms in total. The molecule has 0 saturated heterocycles. The van der Waals surface area contributed by atoms with Crippen LogP contribution in [0.25, 0.3) is 0 Å². The molecular weight excluding hydrogens is 126 g/mol. The van der Waals surface area contributed by atoms with Gasteiger partial charge < -0.3 is 0 Å². The summed E-state index contributed by atoms with van der Waals surface area (Å²) in [6.45, 7) is 1.37. The molecule has 0 aliphatic rings. The van der Waals surface area contributed by atoms with Gasteiger partial charge in [0.1, 0.15) is 0 Å². The molecule has 1 amide bonds. The molecule has 0 fully saturated rings. The Morgan fingerprint density at radius 1 is 1.62 bits per heavy atom. The number of rotatable bonds is 2. The summed E-state index contributed by atoms with van der Waals surface area (Å²) in [6, 6.07) is 0. The maximum atomic E-state index is 10.1. The lowest BCUT2D eigenvalue weighted by Crippen LogP contribution is -2.02. The zero-order chi connectivity index (χ0) is 6.57. The van der Waals surface area contributed by atoms with Gasteiger partial charge in [-0.1, -0.05) is 11.8 Å². The Morgan fingerprint density at radius 2 is 2.12 bits per heavy atom. The summed E-state index contributed by atoms with van der Waals surface area (Å²) in [5, 5.41) is -0.120. The van der Waals surface area contributed by atoms with Crippen molar-refractivity contribution >= 4 is 22.8 Å². The maximum Gasteiger partial charge on any atom is 0.248 e. The van der Waals surface area contributed by atoms with E-state index in [9.17, 15) is 9.59 Å². The Labute approximate surface area is 51.6 Å². The van der Waals surface area contributed by atoms with Gasteiger partial charge in [-0.15, -0.1) is 0 Å². The molecule has 0 aromatic rings. The molecule has 0 aliphatic heterocycles. The second-order valence-corrected chi connectivity index (χ2v) is 2.36. The molecule has 4 heteroatoms. The van der Waals surface area contributed by atoms with Gasteiger partial charge in [-0.3, -0.25) is 15.3 Å². The minimum Gasteiger partial charge on any atom is -0.288 e. The van der Waals surface area contributed by atoms with E-state index in [2.05, 4.69) is 0 Å². The zero-order valence-electron chi connectivity index (χ0n) is 4.43. The van der Waals surface area contributed by atoms with Crippen molar-refractivity contribution in [1.29, 1.82) is 0 Å². The second-order valence-electron chi connectivity index (χ2n) is 1.20. The quantitative estimate of drug-likeness (QED) is 0.534. The fourth-order valence-electron chi connectivity index (χ4n) is 0.167.